The SMILES string of the molecule is O=CC=Cc1ccc(-n2ccnc2)cc1. The van der Waals surface area contributed by atoms with Crippen molar-refractivity contribution < 1.29 is 4.79 Å². The van der Waals surface area contributed by atoms with Gasteiger partial charge in [0, 0.05) is 18.1 Å². The summed E-state index contributed by atoms with van der Waals surface area (Å²) in [5.41, 5.74) is 2.06. The lowest BCUT2D eigenvalue weighted by atomic mass is 10.2. The van der Waals surface area contributed by atoms with E-state index in [9.17, 15) is 4.79 Å². The van der Waals surface area contributed by atoms with Crippen molar-refractivity contribution in [2.75, 3.05) is 0 Å². The van der Waals surface area contributed by atoms with Crippen molar-refractivity contribution in [1.29, 1.82) is 0 Å². The maximum Gasteiger partial charge on any atom is 0.142 e. The number of nitrogens with zero attached hydrogens (tertiary/aromatic N) is 2. The lowest BCUT2D eigenvalue weighted by Crippen LogP contribution is -1.88. The number of benzene rings is 1. The van der Waals surface area contributed by atoms with Crippen LogP contribution in [-0.2, 0) is 4.79 Å². The number of hydrogen-bond donors (Lipinski definition) is 0. The molecule has 0 aliphatic rings. The van der Waals surface area contributed by atoms with Crippen LogP contribution in [0.3, 0.4) is 0 Å². The number of allylic oxidation sites excluding steroid dienone is 1. The molecule has 0 bridgehead atoms. The first kappa shape index (κ1) is 9.40. The fraction of sp³-hybridized carbons (Fsp3) is 0. The highest BCUT2D eigenvalue weighted by atomic mass is 16.1. The maximum atomic E-state index is 10.1. The summed E-state index contributed by atoms with van der Waals surface area (Å²) in [4.78, 5) is 14.1. The van der Waals surface area contributed by atoms with E-state index < -0.39 is 0 Å². The van der Waals surface area contributed by atoms with E-state index in [1.165, 1.54) is 6.08 Å². The smallest absolute Gasteiger partial charge is 0.142 e. The molecule has 0 atom stereocenters. The van der Waals surface area contributed by atoms with E-state index in [4.69, 9.17) is 0 Å². The van der Waals surface area contributed by atoms with Crippen LogP contribution in [0.4, 0.5) is 0 Å². The Kier molecular flexibility index (Phi) is 2.74. The minimum absolute atomic E-state index is 0.768. The van der Waals surface area contributed by atoms with Gasteiger partial charge in [-0.15, -0.1) is 0 Å². The average Bonchev–Trinajstić information content (AvgIpc) is 2.80. The summed E-state index contributed by atoms with van der Waals surface area (Å²) in [5.74, 6) is 0. The van der Waals surface area contributed by atoms with Crippen LogP contribution in [0.15, 0.2) is 49.1 Å². The summed E-state index contributed by atoms with van der Waals surface area (Å²) in [6.45, 7) is 0. The van der Waals surface area contributed by atoms with Crippen LogP contribution in [0.2, 0.25) is 0 Å². The van der Waals surface area contributed by atoms with Gasteiger partial charge in [0.25, 0.3) is 0 Å². The zero-order valence-corrected chi connectivity index (χ0v) is 8.08. The van der Waals surface area contributed by atoms with Crippen molar-refractivity contribution in [1.82, 2.24) is 9.55 Å². The molecule has 1 aromatic heterocycles. The van der Waals surface area contributed by atoms with E-state index in [0.29, 0.717) is 0 Å². The molecule has 74 valence electrons. The molecule has 3 heteroatoms. The third-order valence-corrected chi connectivity index (χ3v) is 2.06. The van der Waals surface area contributed by atoms with Crippen LogP contribution < -0.4 is 0 Å². The molecule has 2 rings (SSSR count). The Morgan fingerprint density at radius 1 is 1.20 bits per heavy atom. The van der Waals surface area contributed by atoms with Crippen LogP contribution in [0, 0.1) is 0 Å². The second kappa shape index (κ2) is 4.37. The Morgan fingerprint density at radius 3 is 2.60 bits per heavy atom. The van der Waals surface area contributed by atoms with E-state index >= 15 is 0 Å². The standard InChI is InChI=1S/C12H10N2O/c15-9-1-2-11-3-5-12(6-4-11)14-8-7-13-10-14/h1-10H. The highest BCUT2D eigenvalue weighted by Gasteiger charge is 1.93. The summed E-state index contributed by atoms with van der Waals surface area (Å²) in [6, 6.07) is 7.86. The first-order valence-electron chi connectivity index (χ1n) is 4.60. The van der Waals surface area contributed by atoms with Crippen LogP contribution in [0.25, 0.3) is 11.8 Å². The van der Waals surface area contributed by atoms with E-state index in [-0.39, 0.29) is 0 Å². The molecule has 0 saturated carbocycles. The molecule has 0 radical (unpaired) electrons. The van der Waals surface area contributed by atoms with Crippen LogP contribution in [-0.4, -0.2) is 15.8 Å². The van der Waals surface area contributed by atoms with E-state index in [1.54, 1.807) is 18.6 Å². The Balaban J connectivity index is 2.24. The van der Waals surface area contributed by atoms with Crippen molar-refractivity contribution in [2.45, 2.75) is 0 Å². The van der Waals surface area contributed by atoms with Crippen molar-refractivity contribution >= 4 is 12.4 Å². The minimum Gasteiger partial charge on any atom is -0.306 e. The largest absolute Gasteiger partial charge is 0.306 e. The molecule has 0 fully saturated rings. The average molecular weight is 198 g/mol. The van der Waals surface area contributed by atoms with Gasteiger partial charge in [-0.1, -0.05) is 18.2 Å². The second-order valence-corrected chi connectivity index (χ2v) is 3.06. The number of hydrogen-bond acceptors (Lipinski definition) is 2. The van der Waals surface area contributed by atoms with Gasteiger partial charge in [-0.3, -0.25) is 4.79 Å². The zero-order chi connectivity index (χ0) is 10.5. The molecular weight excluding hydrogens is 188 g/mol. The van der Waals surface area contributed by atoms with E-state index in [0.717, 1.165) is 17.5 Å². The predicted octanol–water partition coefficient (Wildman–Crippen LogP) is 2.08. The Morgan fingerprint density at radius 2 is 2.00 bits per heavy atom. The van der Waals surface area contributed by atoms with Crippen molar-refractivity contribution in [3.8, 4) is 5.69 Å². The molecular formula is C12H10N2O. The summed E-state index contributed by atoms with van der Waals surface area (Å²) >= 11 is 0. The molecule has 0 spiro atoms. The molecule has 0 amide bonds. The van der Waals surface area contributed by atoms with Crippen LogP contribution >= 0.6 is 0 Å². The van der Waals surface area contributed by atoms with Crippen LogP contribution in [0.1, 0.15) is 5.56 Å². The van der Waals surface area contributed by atoms with Gasteiger partial charge in [0.05, 0.1) is 6.33 Å². The lowest BCUT2D eigenvalue weighted by Gasteiger charge is -2.01. The lowest BCUT2D eigenvalue weighted by molar-refractivity contribution is -0.104. The molecule has 0 aliphatic heterocycles. The first-order chi connectivity index (χ1) is 7.40. The Hall–Kier alpha value is -2.16. The quantitative estimate of drug-likeness (QED) is 0.559. The van der Waals surface area contributed by atoms with Gasteiger partial charge in [-0.25, -0.2) is 4.98 Å². The fourth-order valence-corrected chi connectivity index (χ4v) is 1.32. The monoisotopic (exact) mass is 198 g/mol. The molecule has 1 heterocycles. The zero-order valence-electron chi connectivity index (χ0n) is 8.08. The minimum atomic E-state index is 0.768. The van der Waals surface area contributed by atoms with Crippen molar-refractivity contribution in [2.24, 2.45) is 0 Å². The van der Waals surface area contributed by atoms with E-state index in [2.05, 4.69) is 4.98 Å². The molecule has 1 aromatic carbocycles. The summed E-state index contributed by atoms with van der Waals surface area (Å²) < 4.78 is 1.92. The molecule has 0 N–H and O–H groups in total. The highest BCUT2D eigenvalue weighted by molar-refractivity contribution is 5.73. The van der Waals surface area contributed by atoms with Gasteiger partial charge in [0.15, 0.2) is 0 Å². The Labute approximate surface area is 87.7 Å². The normalized spacial score (nSPS) is 10.7. The third kappa shape index (κ3) is 2.20. The van der Waals surface area contributed by atoms with Gasteiger partial charge in [-0.05, 0) is 23.8 Å². The Bertz CT molecular complexity index is 455. The van der Waals surface area contributed by atoms with Crippen molar-refractivity contribution in [3.05, 3.63) is 54.6 Å². The van der Waals surface area contributed by atoms with Gasteiger partial charge < -0.3 is 4.57 Å². The second-order valence-electron chi connectivity index (χ2n) is 3.06. The molecule has 2 aromatic rings. The molecule has 0 aliphatic carbocycles. The molecule has 0 saturated heterocycles. The summed E-state index contributed by atoms with van der Waals surface area (Å²) in [5, 5.41) is 0. The number of aromatic nitrogens is 2. The number of aldehydes is 1. The maximum absolute atomic E-state index is 10.1. The van der Waals surface area contributed by atoms with Crippen molar-refractivity contribution in [3.63, 3.8) is 0 Å². The molecule has 0 unspecified atom stereocenters. The van der Waals surface area contributed by atoms with Gasteiger partial charge in [0.2, 0.25) is 0 Å². The number of carbonyl (C=O) groups is 1. The topological polar surface area (TPSA) is 34.9 Å². The van der Waals surface area contributed by atoms with Crippen LogP contribution in [0.5, 0.6) is 0 Å². The highest BCUT2D eigenvalue weighted by Crippen LogP contribution is 2.09. The number of carbonyl (C=O) groups excluding carboxylic acids is 1. The summed E-state index contributed by atoms with van der Waals surface area (Å²) in [7, 11) is 0. The number of rotatable bonds is 3. The number of imidazole rings is 1. The van der Waals surface area contributed by atoms with Gasteiger partial charge in [-0.2, -0.15) is 0 Å². The van der Waals surface area contributed by atoms with E-state index in [1.807, 2.05) is 35.0 Å². The fourth-order valence-electron chi connectivity index (χ4n) is 1.32. The third-order valence-electron chi connectivity index (χ3n) is 2.06. The predicted molar refractivity (Wildman–Crippen MR) is 58.7 cm³/mol. The first-order valence-corrected chi connectivity index (χ1v) is 4.60. The van der Waals surface area contributed by atoms with Gasteiger partial charge in [0.1, 0.15) is 6.29 Å². The summed E-state index contributed by atoms with van der Waals surface area (Å²) in [6.07, 6.45) is 9.38. The molecule has 3 nitrogen and oxygen atoms in total. The molecule has 15 heavy (non-hydrogen) atoms. The van der Waals surface area contributed by atoms with Gasteiger partial charge >= 0.3 is 0 Å².